The molecule has 7 nitrogen and oxygen atoms in total. The van der Waals surface area contributed by atoms with E-state index in [0.717, 1.165) is 36.8 Å². The predicted molar refractivity (Wildman–Crippen MR) is 162 cm³/mol. The Balaban J connectivity index is 1.69. The number of benzene rings is 2. The number of carbonyl (C=O) groups excluding carboxylic acids is 2. The van der Waals surface area contributed by atoms with E-state index in [1.807, 2.05) is 24.3 Å². The topological polar surface area (TPSA) is 98.7 Å². The van der Waals surface area contributed by atoms with Gasteiger partial charge in [-0.05, 0) is 84.4 Å². The van der Waals surface area contributed by atoms with Crippen molar-refractivity contribution in [2.75, 3.05) is 6.54 Å². The van der Waals surface area contributed by atoms with E-state index in [9.17, 15) is 14.4 Å². The fourth-order valence-corrected chi connectivity index (χ4v) is 7.06. The Labute approximate surface area is 253 Å². The Hall–Kier alpha value is -2.61. The second-order valence-electron chi connectivity index (χ2n) is 12.9. The van der Waals surface area contributed by atoms with E-state index in [1.165, 1.54) is 0 Å². The van der Waals surface area contributed by atoms with E-state index in [-0.39, 0.29) is 42.2 Å². The first-order valence-electron chi connectivity index (χ1n) is 14.4. The standard InChI is InChI=1S/C32H41Cl2N3O4/c1-19(2)28(20-6-8-21(9-7-20)29(40)35-15-12-26(38)39)37-30(41)27(22-16-24(33)18-25(34)17-22)36-32(37)13-10-23(11-14-32)31(3,4)5/h6-9,16-19,23,27-28,36H,10-15H2,1-5H3,(H,35,40)(H,38,39). The third-order valence-corrected chi connectivity index (χ3v) is 9.10. The fourth-order valence-electron chi connectivity index (χ4n) is 6.52. The van der Waals surface area contributed by atoms with E-state index < -0.39 is 17.7 Å². The van der Waals surface area contributed by atoms with Crippen molar-refractivity contribution in [3.8, 4) is 0 Å². The van der Waals surface area contributed by atoms with E-state index in [2.05, 4.69) is 50.2 Å². The van der Waals surface area contributed by atoms with Crippen LogP contribution in [-0.2, 0) is 9.59 Å². The van der Waals surface area contributed by atoms with Gasteiger partial charge in [0.25, 0.3) is 5.91 Å². The molecule has 0 bridgehead atoms. The maximum absolute atomic E-state index is 14.4. The zero-order chi connectivity index (χ0) is 30.1. The van der Waals surface area contributed by atoms with Crippen molar-refractivity contribution in [2.45, 2.75) is 84.5 Å². The van der Waals surface area contributed by atoms with Crippen molar-refractivity contribution in [1.29, 1.82) is 0 Å². The van der Waals surface area contributed by atoms with Crippen LogP contribution in [0.2, 0.25) is 10.0 Å². The Morgan fingerprint density at radius 1 is 1.07 bits per heavy atom. The van der Waals surface area contributed by atoms with Crippen LogP contribution in [0.4, 0.5) is 0 Å². The molecule has 2 fully saturated rings. The highest BCUT2D eigenvalue weighted by molar-refractivity contribution is 6.34. The summed E-state index contributed by atoms with van der Waals surface area (Å²) < 4.78 is 0. The summed E-state index contributed by atoms with van der Waals surface area (Å²) in [7, 11) is 0. The average Bonchev–Trinajstić information content (AvgIpc) is 3.14. The lowest BCUT2D eigenvalue weighted by molar-refractivity contribution is -0.139. The summed E-state index contributed by atoms with van der Waals surface area (Å²) in [4.78, 5) is 39.8. The minimum Gasteiger partial charge on any atom is -0.481 e. The Morgan fingerprint density at radius 2 is 1.66 bits per heavy atom. The summed E-state index contributed by atoms with van der Waals surface area (Å²) in [5, 5.41) is 16.2. The van der Waals surface area contributed by atoms with Crippen LogP contribution in [0.3, 0.4) is 0 Å². The number of amides is 2. The van der Waals surface area contributed by atoms with Crippen LogP contribution in [0.5, 0.6) is 0 Å². The molecule has 0 aromatic heterocycles. The van der Waals surface area contributed by atoms with Crippen molar-refractivity contribution in [3.63, 3.8) is 0 Å². The maximum Gasteiger partial charge on any atom is 0.305 e. The van der Waals surface area contributed by atoms with E-state index in [0.29, 0.717) is 21.5 Å². The number of aliphatic carboxylic acids is 1. The molecule has 4 rings (SSSR count). The molecule has 1 saturated carbocycles. The lowest BCUT2D eigenvalue weighted by Crippen LogP contribution is -2.56. The van der Waals surface area contributed by atoms with Gasteiger partial charge in [-0.15, -0.1) is 0 Å². The largest absolute Gasteiger partial charge is 0.481 e. The number of hydrogen-bond donors (Lipinski definition) is 3. The Morgan fingerprint density at radius 3 is 2.17 bits per heavy atom. The van der Waals surface area contributed by atoms with Gasteiger partial charge in [0.1, 0.15) is 6.04 Å². The van der Waals surface area contributed by atoms with Gasteiger partial charge in [-0.2, -0.15) is 0 Å². The molecule has 1 heterocycles. The zero-order valence-electron chi connectivity index (χ0n) is 24.5. The number of nitrogens with zero attached hydrogens (tertiary/aromatic N) is 1. The minimum atomic E-state index is -0.965. The number of rotatable bonds is 8. The lowest BCUT2D eigenvalue weighted by atomic mass is 9.69. The normalized spacial score (nSPS) is 23.7. The van der Waals surface area contributed by atoms with Gasteiger partial charge in [0.05, 0.1) is 18.1 Å². The van der Waals surface area contributed by atoms with Gasteiger partial charge >= 0.3 is 5.97 Å². The number of halogens is 2. The lowest BCUT2D eigenvalue weighted by Gasteiger charge is -2.49. The summed E-state index contributed by atoms with van der Waals surface area (Å²) in [6.07, 6.45) is 3.53. The van der Waals surface area contributed by atoms with Crippen LogP contribution in [0.1, 0.15) is 100 Å². The van der Waals surface area contributed by atoms with Crippen LogP contribution < -0.4 is 10.6 Å². The first-order valence-corrected chi connectivity index (χ1v) is 15.1. The van der Waals surface area contributed by atoms with Gasteiger partial charge in [-0.25, -0.2) is 0 Å². The number of nitrogens with one attached hydrogen (secondary N) is 2. The molecule has 1 aliphatic heterocycles. The van der Waals surface area contributed by atoms with Crippen LogP contribution in [0, 0.1) is 17.3 Å². The molecule has 1 aliphatic carbocycles. The quantitative estimate of drug-likeness (QED) is 0.302. The molecule has 2 aliphatic rings. The fraction of sp³-hybridized carbons (Fsp3) is 0.531. The second kappa shape index (κ2) is 12.3. The first-order chi connectivity index (χ1) is 19.2. The van der Waals surface area contributed by atoms with Crippen molar-refractivity contribution < 1.29 is 19.5 Å². The number of hydrogen-bond acceptors (Lipinski definition) is 4. The zero-order valence-corrected chi connectivity index (χ0v) is 26.0. The summed E-state index contributed by atoms with van der Waals surface area (Å²) >= 11 is 12.7. The molecule has 2 amide bonds. The monoisotopic (exact) mass is 601 g/mol. The van der Waals surface area contributed by atoms with Crippen LogP contribution >= 0.6 is 23.2 Å². The maximum atomic E-state index is 14.4. The van der Waals surface area contributed by atoms with Crippen molar-refractivity contribution in [3.05, 3.63) is 69.2 Å². The van der Waals surface area contributed by atoms with Gasteiger partial charge in [-0.1, -0.05) is 70.0 Å². The third kappa shape index (κ3) is 6.90. The molecule has 0 radical (unpaired) electrons. The smallest absolute Gasteiger partial charge is 0.305 e. The molecule has 222 valence electrons. The van der Waals surface area contributed by atoms with Crippen LogP contribution in [0.25, 0.3) is 0 Å². The van der Waals surface area contributed by atoms with Crippen LogP contribution in [0.15, 0.2) is 42.5 Å². The molecule has 2 aromatic carbocycles. The molecular weight excluding hydrogens is 561 g/mol. The van der Waals surface area contributed by atoms with Gasteiger partial charge in [0.2, 0.25) is 5.91 Å². The van der Waals surface area contributed by atoms with Crippen molar-refractivity contribution >= 4 is 41.0 Å². The molecular formula is C32H41Cl2N3O4. The highest BCUT2D eigenvalue weighted by Gasteiger charge is 2.55. The van der Waals surface area contributed by atoms with Crippen LogP contribution in [-0.4, -0.2) is 40.0 Å². The second-order valence-corrected chi connectivity index (χ2v) is 13.7. The molecule has 3 N–H and O–H groups in total. The third-order valence-electron chi connectivity index (χ3n) is 8.66. The highest BCUT2D eigenvalue weighted by atomic mass is 35.5. The van der Waals surface area contributed by atoms with E-state index in [4.69, 9.17) is 28.3 Å². The number of carboxylic acids is 1. The van der Waals surface area contributed by atoms with Crippen molar-refractivity contribution in [2.24, 2.45) is 17.3 Å². The molecule has 1 spiro atoms. The molecule has 9 heteroatoms. The molecule has 41 heavy (non-hydrogen) atoms. The van der Waals surface area contributed by atoms with E-state index >= 15 is 0 Å². The summed E-state index contributed by atoms with van der Waals surface area (Å²) in [5.74, 6) is -0.648. The highest BCUT2D eigenvalue weighted by Crippen LogP contribution is 2.50. The summed E-state index contributed by atoms with van der Waals surface area (Å²) in [5.41, 5.74) is 1.80. The van der Waals surface area contributed by atoms with Gasteiger partial charge < -0.3 is 15.3 Å². The molecule has 1 saturated heterocycles. The number of carbonyl (C=O) groups is 3. The first kappa shape index (κ1) is 31.3. The summed E-state index contributed by atoms with van der Waals surface area (Å²) in [6, 6.07) is 11.8. The molecule has 2 unspecified atom stereocenters. The molecule has 2 aromatic rings. The predicted octanol–water partition coefficient (Wildman–Crippen LogP) is 7.00. The SMILES string of the molecule is CC(C)C(c1ccc(C(=O)NCCC(=O)O)cc1)N1C(=O)C(c2cc(Cl)cc(Cl)c2)NC12CCC(C(C)(C)C)CC2. The van der Waals surface area contributed by atoms with E-state index in [1.54, 1.807) is 18.2 Å². The Bertz CT molecular complexity index is 1260. The van der Waals surface area contributed by atoms with Gasteiger partial charge in [-0.3, -0.25) is 19.7 Å². The van der Waals surface area contributed by atoms with Gasteiger partial charge in [0, 0.05) is 22.2 Å². The average molecular weight is 603 g/mol. The minimum absolute atomic E-state index is 0.00766. The molecule has 2 atom stereocenters. The van der Waals surface area contributed by atoms with Gasteiger partial charge in [0.15, 0.2) is 0 Å². The Kier molecular flexibility index (Phi) is 9.42. The summed E-state index contributed by atoms with van der Waals surface area (Å²) in [6.45, 7) is 11.1. The number of carboxylic acid groups (broad SMARTS) is 1. The van der Waals surface area contributed by atoms with Crippen molar-refractivity contribution in [1.82, 2.24) is 15.5 Å².